The molecule has 4 unspecified atom stereocenters. The average Bonchev–Trinajstić information content (AvgIpc) is 3.67. The van der Waals surface area contributed by atoms with Crippen LogP contribution in [0.1, 0.15) is 58.4 Å². The summed E-state index contributed by atoms with van der Waals surface area (Å²) >= 11 is 0. The molecule has 4 heterocycles. The minimum Gasteiger partial charge on any atom is -0.382 e. The molecule has 12 nitrogen and oxygen atoms in total. The quantitative estimate of drug-likeness (QED) is 0.210. The Morgan fingerprint density at radius 3 is 2.50 bits per heavy atom. The minimum absolute atomic E-state index is 0.0578. The number of amides is 2. The Morgan fingerprint density at radius 1 is 1.02 bits per heavy atom. The molecule has 0 aliphatic carbocycles. The standard InChI is InChI=1S/C34H44N8O4/c1-33(2,3)23-12-14-24(15-13-23)40-32(43)36-16-9-17-41(18-22-10-7-6-8-11-22)19-25-27-28(46-34(4,5)45-27)31(44-25)42-21-39-26-29(35)37-20-38-30(26)42/h6-8,10-15,20-21,25,27-28,31H,9,16-19H2,1-5H3,(H2,35,37,38)(H2,36,40,43). The van der Waals surface area contributed by atoms with E-state index in [-0.39, 0.29) is 29.8 Å². The number of rotatable bonds is 10. The average molecular weight is 629 g/mol. The highest BCUT2D eigenvalue weighted by Gasteiger charge is 2.56. The monoisotopic (exact) mass is 628 g/mol. The number of carbonyl (C=O) groups is 1. The fraction of sp³-hybridized carbons (Fsp3) is 0.471. The molecule has 2 aromatic carbocycles. The number of hydrogen-bond donors (Lipinski definition) is 3. The summed E-state index contributed by atoms with van der Waals surface area (Å²) in [7, 11) is 0. The van der Waals surface area contributed by atoms with Crippen molar-refractivity contribution in [1.82, 2.24) is 29.7 Å². The molecule has 4 N–H and O–H groups in total. The Hall–Kier alpha value is -4.10. The number of nitrogens with two attached hydrogens (primary N) is 1. The summed E-state index contributed by atoms with van der Waals surface area (Å²) in [5.74, 6) is -0.456. The SMILES string of the molecule is CC1(C)OC2C(CN(CCCNC(=O)Nc3ccc(C(C)(C)C)cc3)Cc3ccccc3)OC(n3cnc4c(N)ncnc43)C2O1. The second-order valence-electron chi connectivity index (χ2n) is 13.5. The van der Waals surface area contributed by atoms with E-state index in [1.165, 1.54) is 17.5 Å². The van der Waals surface area contributed by atoms with Crippen molar-refractivity contribution in [3.63, 3.8) is 0 Å². The number of nitrogen functional groups attached to an aromatic ring is 1. The molecule has 244 valence electrons. The van der Waals surface area contributed by atoms with E-state index in [4.69, 9.17) is 19.9 Å². The van der Waals surface area contributed by atoms with Gasteiger partial charge in [0.25, 0.3) is 0 Å². The van der Waals surface area contributed by atoms with Gasteiger partial charge in [-0.1, -0.05) is 63.2 Å². The van der Waals surface area contributed by atoms with Crippen molar-refractivity contribution in [1.29, 1.82) is 0 Å². The van der Waals surface area contributed by atoms with Crippen molar-refractivity contribution in [2.75, 3.05) is 30.7 Å². The molecule has 2 aliphatic rings. The summed E-state index contributed by atoms with van der Waals surface area (Å²) in [5, 5.41) is 5.93. The van der Waals surface area contributed by atoms with Gasteiger partial charge >= 0.3 is 6.03 Å². The topological polar surface area (TPSA) is 142 Å². The van der Waals surface area contributed by atoms with Crippen molar-refractivity contribution in [3.05, 3.63) is 78.4 Å². The minimum atomic E-state index is -0.769. The largest absolute Gasteiger partial charge is 0.382 e. The number of hydrogen-bond acceptors (Lipinski definition) is 9. The first kappa shape index (κ1) is 31.9. The van der Waals surface area contributed by atoms with Gasteiger partial charge in [0, 0.05) is 31.9 Å². The second kappa shape index (κ2) is 13.0. The number of aromatic nitrogens is 4. The van der Waals surface area contributed by atoms with Crippen molar-refractivity contribution < 1.29 is 19.0 Å². The Balaban J connectivity index is 1.11. The molecule has 2 amide bonds. The van der Waals surface area contributed by atoms with Gasteiger partial charge in [0.1, 0.15) is 30.2 Å². The van der Waals surface area contributed by atoms with E-state index >= 15 is 0 Å². The third-order valence-electron chi connectivity index (χ3n) is 8.42. The number of nitrogens with zero attached hydrogens (tertiary/aromatic N) is 5. The number of imidazole rings is 1. The third-order valence-corrected chi connectivity index (χ3v) is 8.42. The summed E-state index contributed by atoms with van der Waals surface area (Å²) < 4.78 is 21.3. The zero-order valence-electron chi connectivity index (χ0n) is 27.1. The molecule has 2 aliphatic heterocycles. The highest BCUT2D eigenvalue weighted by atomic mass is 16.8. The van der Waals surface area contributed by atoms with Crippen molar-refractivity contribution >= 4 is 28.7 Å². The molecule has 46 heavy (non-hydrogen) atoms. The molecule has 0 radical (unpaired) electrons. The molecule has 2 saturated heterocycles. The number of ether oxygens (including phenoxy) is 3. The first-order valence-electron chi connectivity index (χ1n) is 15.8. The molecule has 2 fully saturated rings. The summed E-state index contributed by atoms with van der Waals surface area (Å²) in [6.07, 6.45) is 2.39. The molecule has 4 atom stereocenters. The maximum absolute atomic E-state index is 12.6. The number of benzene rings is 2. The van der Waals surface area contributed by atoms with E-state index < -0.39 is 12.0 Å². The van der Waals surface area contributed by atoms with Gasteiger partial charge in [0.2, 0.25) is 0 Å². The van der Waals surface area contributed by atoms with Gasteiger partial charge in [-0.3, -0.25) is 9.47 Å². The Labute approximate surface area is 269 Å². The van der Waals surface area contributed by atoms with Gasteiger partial charge in [-0.25, -0.2) is 19.7 Å². The number of fused-ring (bicyclic) bond motifs is 2. The first-order valence-corrected chi connectivity index (χ1v) is 15.8. The van der Waals surface area contributed by atoms with Gasteiger partial charge in [-0.2, -0.15) is 0 Å². The lowest BCUT2D eigenvalue weighted by Crippen LogP contribution is -2.41. The second-order valence-corrected chi connectivity index (χ2v) is 13.5. The Kier molecular flexibility index (Phi) is 8.97. The zero-order chi connectivity index (χ0) is 32.5. The number of nitrogens with one attached hydrogen (secondary N) is 2. The molecule has 2 aromatic heterocycles. The van der Waals surface area contributed by atoms with Crippen LogP contribution in [0.25, 0.3) is 11.2 Å². The summed E-state index contributed by atoms with van der Waals surface area (Å²) in [6, 6.07) is 18.1. The Morgan fingerprint density at radius 2 is 1.76 bits per heavy atom. The van der Waals surface area contributed by atoms with Crippen LogP contribution < -0.4 is 16.4 Å². The highest BCUT2D eigenvalue weighted by Crippen LogP contribution is 2.44. The lowest BCUT2D eigenvalue weighted by molar-refractivity contribution is -0.198. The lowest BCUT2D eigenvalue weighted by Gasteiger charge is -2.29. The number of urea groups is 1. The van der Waals surface area contributed by atoms with Crippen LogP contribution in [-0.2, 0) is 26.2 Å². The van der Waals surface area contributed by atoms with Crippen LogP contribution in [0.5, 0.6) is 0 Å². The van der Waals surface area contributed by atoms with E-state index in [9.17, 15) is 4.79 Å². The first-order chi connectivity index (χ1) is 22.0. The molecule has 0 saturated carbocycles. The molecule has 4 aromatic rings. The normalized spacial score (nSPS) is 22.3. The molecule has 12 heteroatoms. The molecule has 6 rings (SSSR count). The summed E-state index contributed by atoms with van der Waals surface area (Å²) in [5.41, 5.74) is 10.4. The van der Waals surface area contributed by atoms with Gasteiger partial charge in [0.05, 0.1) is 6.33 Å². The van der Waals surface area contributed by atoms with E-state index in [1.54, 1.807) is 6.33 Å². The predicted molar refractivity (Wildman–Crippen MR) is 176 cm³/mol. The van der Waals surface area contributed by atoms with E-state index in [1.807, 2.05) is 48.7 Å². The Bertz CT molecular complexity index is 1640. The molecule has 0 bridgehead atoms. The van der Waals surface area contributed by atoms with Gasteiger partial charge in [-0.05, 0) is 48.9 Å². The maximum atomic E-state index is 12.6. The fourth-order valence-electron chi connectivity index (χ4n) is 6.15. The smallest absolute Gasteiger partial charge is 0.319 e. The molecular weight excluding hydrogens is 584 g/mol. The molecular formula is C34H44N8O4. The molecule has 0 spiro atoms. The summed E-state index contributed by atoms with van der Waals surface area (Å²) in [6.45, 7) is 12.9. The van der Waals surface area contributed by atoms with Gasteiger partial charge in [-0.15, -0.1) is 0 Å². The zero-order valence-corrected chi connectivity index (χ0v) is 27.1. The van der Waals surface area contributed by atoms with Gasteiger partial charge in [0.15, 0.2) is 23.5 Å². The van der Waals surface area contributed by atoms with Crippen LogP contribution >= 0.6 is 0 Å². The van der Waals surface area contributed by atoms with Crippen molar-refractivity contribution in [2.45, 2.75) is 83.3 Å². The van der Waals surface area contributed by atoms with Gasteiger partial charge < -0.3 is 30.6 Å². The van der Waals surface area contributed by atoms with Crippen molar-refractivity contribution in [3.8, 4) is 0 Å². The number of anilines is 2. The van der Waals surface area contributed by atoms with Crippen LogP contribution in [0.15, 0.2) is 67.3 Å². The van der Waals surface area contributed by atoms with Crippen LogP contribution in [0.2, 0.25) is 0 Å². The number of carbonyl (C=O) groups excluding carboxylic acids is 1. The van der Waals surface area contributed by atoms with E-state index in [0.717, 1.165) is 25.2 Å². The van der Waals surface area contributed by atoms with Crippen LogP contribution in [0.3, 0.4) is 0 Å². The van der Waals surface area contributed by atoms with Crippen molar-refractivity contribution in [2.24, 2.45) is 0 Å². The highest BCUT2D eigenvalue weighted by molar-refractivity contribution is 5.89. The maximum Gasteiger partial charge on any atom is 0.319 e. The summed E-state index contributed by atoms with van der Waals surface area (Å²) in [4.78, 5) is 27.9. The van der Waals surface area contributed by atoms with Crippen LogP contribution in [0, 0.1) is 0 Å². The third kappa shape index (κ3) is 7.15. The van der Waals surface area contributed by atoms with E-state index in [0.29, 0.717) is 30.1 Å². The van der Waals surface area contributed by atoms with Crippen LogP contribution in [0.4, 0.5) is 16.3 Å². The lowest BCUT2D eigenvalue weighted by atomic mass is 9.87. The van der Waals surface area contributed by atoms with Crippen LogP contribution in [-0.4, -0.2) is 74.2 Å². The van der Waals surface area contributed by atoms with E-state index in [2.05, 4.69) is 75.5 Å². The fourth-order valence-corrected chi connectivity index (χ4v) is 6.15. The predicted octanol–water partition coefficient (Wildman–Crippen LogP) is 4.84.